The molecule has 0 radical (unpaired) electrons. The monoisotopic (exact) mass is 437 g/mol. The Balaban J connectivity index is 0.00000264. The number of piperazine rings is 1. The number of amides is 1. The molecular weight excluding hydrogens is 413 g/mol. The first-order valence-corrected chi connectivity index (χ1v) is 7.35. The maximum Gasteiger partial charge on any atom is 0.409 e. The van der Waals surface area contributed by atoms with Gasteiger partial charge in [0, 0.05) is 40.3 Å². The number of nitrogens with one attached hydrogen (secondary N) is 1. The minimum Gasteiger partial charge on any atom is -0.450 e. The number of aliphatic imine (C=N–C) groups is 1. The van der Waals surface area contributed by atoms with Gasteiger partial charge < -0.3 is 19.9 Å². The van der Waals surface area contributed by atoms with Crippen LogP contribution >= 0.6 is 24.0 Å². The Hall–Kier alpha value is -1.59. The number of ether oxygens (including phenoxy) is 1. The maximum absolute atomic E-state index is 11.7. The van der Waals surface area contributed by atoms with Gasteiger partial charge >= 0.3 is 6.09 Å². The number of hydrogen-bond acceptors (Lipinski definition) is 5. The van der Waals surface area contributed by atoms with Crippen LogP contribution in [0.3, 0.4) is 0 Å². The number of carbonyl (C=O) groups is 1. The van der Waals surface area contributed by atoms with Gasteiger partial charge in [-0.15, -0.1) is 24.0 Å². The van der Waals surface area contributed by atoms with Crippen LogP contribution in [0.4, 0.5) is 4.79 Å². The third kappa shape index (κ3) is 5.22. The Bertz CT molecular complexity index is 526. The van der Waals surface area contributed by atoms with E-state index >= 15 is 0 Å². The summed E-state index contributed by atoms with van der Waals surface area (Å²) in [7, 11) is 3.60. The normalized spacial score (nSPS) is 15.2. The van der Waals surface area contributed by atoms with Crippen LogP contribution in [0, 0.1) is 0 Å². The number of carbonyl (C=O) groups excluding carboxylic acids is 1. The second-order valence-corrected chi connectivity index (χ2v) is 4.87. The van der Waals surface area contributed by atoms with Crippen LogP contribution in [0.1, 0.15) is 12.7 Å². The maximum atomic E-state index is 11.7. The first-order valence-electron chi connectivity index (χ1n) is 7.35. The largest absolute Gasteiger partial charge is 0.450 e. The Kier molecular flexibility index (Phi) is 8.06. The highest BCUT2D eigenvalue weighted by Gasteiger charge is 2.23. The van der Waals surface area contributed by atoms with E-state index in [1.807, 2.05) is 14.0 Å². The zero-order valence-corrected chi connectivity index (χ0v) is 16.1. The van der Waals surface area contributed by atoms with Crippen LogP contribution in [-0.2, 0) is 18.3 Å². The molecule has 9 nitrogen and oxygen atoms in total. The molecule has 0 spiro atoms. The lowest BCUT2D eigenvalue weighted by atomic mass is 10.3. The van der Waals surface area contributed by atoms with E-state index in [-0.39, 0.29) is 30.1 Å². The molecule has 0 bridgehead atoms. The van der Waals surface area contributed by atoms with Gasteiger partial charge in [-0.3, -0.25) is 9.67 Å². The number of nitrogens with zero attached hydrogens (tertiary/aromatic N) is 6. The SMILES string of the molecule is CCOC(=O)N1CCN(C(=NC)NCc2ncnn2C)CC1.I. The summed E-state index contributed by atoms with van der Waals surface area (Å²) < 4.78 is 6.74. The van der Waals surface area contributed by atoms with Crippen molar-refractivity contribution in [3.63, 3.8) is 0 Å². The summed E-state index contributed by atoms with van der Waals surface area (Å²) in [4.78, 5) is 24.0. The summed E-state index contributed by atoms with van der Waals surface area (Å²) in [5.74, 6) is 1.64. The molecule has 0 aromatic carbocycles. The Labute approximate surface area is 153 Å². The number of guanidine groups is 1. The van der Waals surface area contributed by atoms with Gasteiger partial charge in [-0.2, -0.15) is 5.10 Å². The van der Waals surface area contributed by atoms with E-state index in [0.29, 0.717) is 26.2 Å². The predicted octanol–water partition coefficient (Wildman–Crippen LogP) is 0.283. The summed E-state index contributed by atoms with van der Waals surface area (Å²) in [6.07, 6.45) is 1.28. The molecule has 1 aliphatic heterocycles. The molecule has 1 fully saturated rings. The van der Waals surface area contributed by atoms with Crippen molar-refractivity contribution in [1.82, 2.24) is 29.9 Å². The molecule has 1 N–H and O–H groups in total. The highest BCUT2D eigenvalue weighted by molar-refractivity contribution is 14.0. The fraction of sp³-hybridized carbons (Fsp3) is 0.692. The minimum absolute atomic E-state index is 0. The topological polar surface area (TPSA) is 87.9 Å². The molecule has 1 aromatic heterocycles. The summed E-state index contributed by atoms with van der Waals surface area (Å²) in [5, 5.41) is 7.30. The van der Waals surface area contributed by atoms with E-state index in [9.17, 15) is 4.79 Å². The second kappa shape index (κ2) is 9.53. The van der Waals surface area contributed by atoms with Crippen LogP contribution in [0.15, 0.2) is 11.3 Å². The number of hydrogen-bond donors (Lipinski definition) is 1. The molecule has 2 heterocycles. The predicted molar refractivity (Wildman–Crippen MR) is 96.8 cm³/mol. The third-order valence-electron chi connectivity index (χ3n) is 3.53. The van der Waals surface area contributed by atoms with Crippen molar-refractivity contribution in [2.45, 2.75) is 13.5 Å². The zero-order chi connectivity index (χ0) is 15.9. The van der Waals surface area contributed by atoms with Crippen LogP contribution in [0.5, 0.6) is 0 Å². The highest BCUT2D eigenvalue weighted by Crippen LogP contribution is 2.04. The molecule has 0 atom stereocenters. The van der Waals surface area contributed by atoms with Crippen LogP contribution in [0.2, 0.25) is 0 Å². The first kappa shape index (κ1) is 19.5. The molecule has 10 heteroatoms. The van der Waals surface area contributed by atoms with Gasteiger partial charge in [0.2, 0.25) is 0 Å². The lowest BCUT2D eigenvalue weighted by Crippen LogP contribution is -2.53. The average Bonchev–Trinajstić information content (AvgIpc) is 2.94. The molecule has 1 aliphatic rings. The molecule has 0 saturated carbocycles. The van der Waals surface area contributed by atoms with Crippen molar-refractivity contribution >= 4 is 36.0 Å². The smallest absolute Gasteiger partial charge is 0.409 e. The van der Waals surface area contributed by atoms with Gasteiger partial charge in [-0.1, -0.05) is 0 Å². The first-order chi connectivity index (χ1) is 10.7. The van der Waals surface area contributed by atoms with E-state index in [2.05, 4.69) is 25.3 Å². The average molecular weight is 437 g/mol. The number of halogens is 1. The molecule has 0 aliphatic carbocycles. The molecule has 1 saturated heterocycles. The van der Waals surface area contributed by atoms with Crippen molar-refractivity contribution in [1.29, 1.82) is 0 Å². The Morgan fingerprint density at radius 1 is 1.35 bits per heavy atom. The number of rotatable bonds is 3. The van der Waals surface area contributed by atoms with Crippen molar-refractivity contribution < 1.29 is 9.53 Å². The molecule has 23 heavy (non-hydrogen) atoms. The van der Waals surface area contributed by atoms with Crippen LogP contribution in [0.25, 0.3) is 0 Å². The lowest BCUT2D eigenvalue weighted by Gasteiger charge is -2.35. The van der Waals surface area contributed by atoms with E-state index < -0.39 is 0 Å². The van der Waals surface area contributed by atoms with E-state index in [1.165, 1.54) is 6.33 Å². The van der Waals surface area contributed by atoms with Gasteiger partial charge in [0.1, 0.15) is 12.2 Å². The van der Waals surface area contributed by atoms with Crippen LogP contribution < -0.4 is 5.32 Å². The van der Waals surface area contributed by atoms with Crippen molar-refractivity contribution in [2.75, 3.05) is 39.8 Å². The fourth-order valence-electron chi connectivity index (χ4n) is 2.29. The van der Waals surface area contributed by atoms with E-state index in [0.717, 1.165) is 24.9 Å². The summed E-state index contributed by atoms with van der Waals surface area (Å²) in [6, 6.07) is 0. The van der Waals surface area contributed by atoms with Crippen molar-refractivity contribution in [3.8, 4) is 0 Å². The molecule has 2 rings (SSSR count). The highest BCUT2D eigenvalue weighted by atomic mass is 127. The number of aryl methyl sites for hydroxylation is 1. The minimum atomic E-state index is -0.246. The fourth-order valence-corrected chi connectivity index (χ4v) is 2.29. The third-order valence-corrected chi connectivity index (χ3v) is 3.53. The summed E-state index contributed by atoms with van der Waals surface area (Å²) in [6.45, 7) is 5.47. The summed E-state index contributed by atoms with van der Waals surface area (Å²) >= 11 is 0. The zero-order valence-electron chi connectivity index (χ0n) is 13.7. The van der Waals surface area contributed by atoms with E-state index in [1.54, 1.807) is 16.6 Å². The Morgan fingerprint density at radius 3 is 2.52 bits per heavy atom. The lowest BCUT2D eigenvalue weighted by molar-refractivity contribution is 0.0914. The molecule has 130 valence electrons. The summed E-state index contributed by atoms with van der Waals surface area (Å²) in [5.41, 5.74) is 0. The Morgan fingerprint density at radius 2 is 2.00 bits per heavy atom. The van der Waals surface area contributed by atoms with Gasteiger partial charge in [0.15, 0.2) is 5.96 Å². The van der Waals surface area contributed by atoms with Crippen molar-refractivity contribution in [2.24, 2.45) is 12.0 Å². The standard InChI is InChI=1S/C13H23N7O2.HI/c1-4-22-13(21)20-7-5-19(6-8-20)12(14-2)15-9-11-16-10-17-18(11)3;/h10H,4-9H2,1-3H3,(H,14,15);1H. The van der Waals surface area contributed by atoms with E-state index in [4.69, 9.17) is 4.74 Å². The number of aromatic nitrogens is 3. The molecule has 0 unspecified atom stereocenters. The molecule has 1 amide bonds. The van der Waals surface area contributed by atoms with Gasteiger partial charge in [-0.25, -0.2) is 9.78 Å². The van der Waals surface area contributed by atoms with Gasteiger partial charge in [0.05, 0.1) is 13.2 Å². The van der Waals surface area contributed by atoms with Crippen molar-refractivity contribution in [3.05, 3.63) is 12.2 Å². The quantitative estimate of drug-likeness (QED) is 0.416. The molecular formula is C13H24IN7O2. The second-order valence-electron chi connectivity index (χ2n) is 4.87. The van der Waals surface area contributed by atoms with Gasteiger partial charge in [0.25, 0.3) is 0 Å². The van der Waals surface area contributed by atoms with Crippen LogP contribution in [-0.4, -0.2) is 76.5 Å². The van der Waals surface area contributed by atoms with Gasteiger partial charge in [-0.05, 0) is 6.92 Å². The molecule has 1 aromatic rings.